The number of aryl methyl sites for hydroxylation is 1. The third-order valence-electron chi connectivity index (χ3n) is 1.29. The van der Waals surface area contributed by atoms with E-state index in [1.54, 1.807) is 6.33 Å². The molecule has 0 saturated carbocycles. The number of aromatic nitrogens is 2. The monoisotopic (exact) mass is 138 g/mol. The lowest BCUT2D eigenvalue weighted by Crippen LogP contribution is -2.13. The third-order valence-corrected chi connectivity index (χ3v) is 1.29. The van der Waals surface area contributed by atoms with Gasteiger partial charge in [-0.2, -0.15) is 0 Å². The number of hydrogen-bond acceptors (Lipinski definition) is 2. The Labute approximate surface area is 59.0 Å². The SMILES string of the molecule is Cc1[nH]cnc1CC(=N)N. The Balaban J connectivity index is 2.74. The van der Waals surface area contributed by atoms with Crippen molar-refractivity contribution in [2.24, 2.45) is 5.73 Å². The first-order valence-corrected chi connectivity index (χ1v) is 3.02. The highest BCUT2D eigenvalue weighted by atomic mass is 14.9. The fourth-order valence-electron chi connectivity index (χ4n) is 0.746. The van der Waals surface area contributed by atoms with Gasteiger partial charge >= 0.3 is 0 Å². The summed E-state index contributed by atoms with van der Waals surface area (Å²) in [5.74, 6) is 0.148. The van der Waals surface area contributed by atoms with E-state index >= 15 is 0 Å². The molecule has 0 spiro atoms. The van der Waals surface area contributed by atoms with E-state index in [0.717, 1.165) is 11.4 Å². The van der Waals surface area contributed by atoms with Crippen LogP contribution in [-0.2, 0) is 6.42 Å². The second kappa shape index (κ2) is 2.51. The molecule has 0 amide bonds. The number of aromatic amines is 1. The van der Waals surface area contributed by atoms with Crippen LogP contribution in [0.4, 0.5) is 0 Å². The lowest BCUT2D eigenvalue weighted by atomic mass is 10.2. The smallest absolute Gasteiger partial charge is 0.0966 e. The van der Waals surface area contributed by atoms with E-state index in [1.165, 1.54) is 0 Å². The van der Waals surface area contributed by atoms with Crippen LogP contribution in [0.15, 0.2) is 6.33 Å². The number of nitrogens with one attached hydrogen (secondary N) is 2. The first-order chi connectivity index (χ1) is 4.70. The summed E-state index contributed by atoms with van der Waals surface area (Å²) < 4.78 is 0. The molecule has 0 bridgehead atoms. The van der Waals surface area contributed by atoms with Crippen molar-refractivity contribution >= 4 is 5.84 Å². The third kappa shape index (κ3) is 1.34. The molecule has 0 aliphatic carbocycles. The van der Waals surface area contributed by atoms with Crippen molar-refractivity contribution in [3.8, 4) is 0 Å². The van der Waals surface area contributed by atoms with Crippen LogP contribution in [0.25, 0.3) is 0 Å². The summed E-state index contributed by atoms with van der Waals surface area (Å²) in [6, 6.07) is 0. The topological polar surface area (TPSA) is 78.5 Å². The number of imidazole rings is 1. The lowest BCUT2D eigenvalue weighted by Gasteiger charge is -1.93. The van der Waals surface area contributed by atoms with E-state index in [9.17, 15) is 0 Å². The molecule has 4 nitrogen and oxygen atoms in total. The quantitative estimate of drug-likeness (QED) is 0.403. The maximum atomic E-state index is 6.99. The summed E-state index contributed by atoms with van der Waals surface area (Å²) >= 11 is 0. The minimum atomic E-state index is 0.148. The molecule has 0 fully saturated rings. The van der Waals surface area contributed by atoms with E-state index in [-0.39, 0.29) is 5.84 Å². The van der Waals surface area contributed by atoms with Crippen molar-refractivity contribution in [3.63, 3.8) is 0 Å². The van der Waals surface area contributed by atoms with Crippen LogP contribution in [0.3, 0.4) is 0 Å². The Morgan fingerprint density at radius 2 is 2.60 bits per heavy atom. The number of rotatable bonds is 2. The Morgan fingerprint density at radius 3 is 3.00 bits per heavy atom. The van der Waals surface area contributed by atoms with Crippen LogP contribution in [-0.4, -0.2) is 15.8 Å². The maximum Gasteiger partial charge on any atom is 0.0966 e. The van der Waals surface area contributed by atoms with Crippen LogP contribution < -0.4 is 5.73 Å². The average Bonchev–Trinajstić information content (AvgIpc) is 2.15. The maximum absolute atomic E-state index is 6.99. The highest BCUT2D eigenvalue weighted by Crippen LogP contribution is 1.99. The summed E-state index contributed by atoms with van der Waals surface area (Å²) in [4.78, 5) is 6.89. The number of H-pyrrole nitrogens is 1. The van der Waals surface area contributed by atoms with Crippen LogP contribution in [0.2, 0.25) is 0 Å². The molecule has 0 aromatic carbocycles. The average molecular weight is 138 g/mol. The fraction of sp³-hybridized carbons (Fsp3) is 0.333. The fourth-order valence-corrected chi connectivity index (χ4v) is 0.746. The van der Waals surface area contributed by atoms with E-state index < -0.39 is 0 Å². The van der Waals surface area contributed by atoms with Gasteiger partial charge < -0.3 is 10.7 Å². The predicted octanol–water partition coefficient (Wildman–Crippen LogP) is 0.197. The van der Waals surface area contributed by atoms with Gasteiger partial charge in [0.2, 0.25) is 0 Å². The van der Waals surface area contributed by atoms with E-state index in [2.05, 4.69) is 9.97 Å². The van der Waals surface area contributed by atoms with Gasteiger partial charge in [0.15, 0.2) is 0 Å². The molecule has 0 aliphatic rings. The molecule has 1 aromatic heterocycles. The van der Waals surface area contributed by atoms with Gasteiger partial charge in [-0.05, 0) is 6.92 Å². The summed E-state index contributed by atoms with van der Waals surface area (Å²) in [6.07, 6.45) is 2.04. The Kier molecular flexibility index (Phi) is 1.71. The second-order valence-electron chi connectivity index (χ2n) is 2.18. The highest BCUT2D eigenvalue weighted by Gasteiger charge is 2.00. The van der Waals surface area contributed by atoms with E-state index in [4.69, 9.17) is 11.1 Å². The Hall–Kier alpha value is -1.32. The molecule has 1 heterocycles. The van der Waals surface area contributed by atoms with Crippen LogP contribution in [0, 0.1) is 12.3 Å². The predicted molar refractivity (Wildman–Crippen MR) is 38.9 cm³/mol. The molecule has 0 atom stereocenters. The van der Waals surface area contributed by atoms with E-state index in [1.807, 2.05) is 6.92 Å². The van der Waals surface area contributed by atoms with Gasteiger partial charge in [-0.15, -0.1) is 0 Å². The number of hydrogen-bond donors (Lipinski definition) is 3. The Morgan fingerprint density at radius 1 is 1.90 bits per heavy atom. The lowest BCUT2D eigenvalue weighted by molar-refractivity contribution is 1.12. The van der Waals surface area contributed by atoms with Gasteiger partial charge in [-0.1, -0.05) is 0 Å². The van der Waals surface area contributed by atoms with Crippen molar-refractivity contribution in [1.29, 1.82) is 5.41 Å². The Bertz CT molecular complexity index is 238. The molecule has 0 saturated heterocycles. The van der Waals surface area contributed by atoms with Crippen molar-refractivity contribution < 1.29 is 0 Å². The molecular weight excluding hydrogens is 128 g/mol. The van der Waals surface area contributed by atoms with Crippen molar-refractivity contribution in [3.05, 3.63) is 17.7 Å². The van der Waals surface area contributed by atoms with Crippen LogP contribution in [0.1, 0.15) is 11.4 Å². The van der Waals surface area contributed by atoms with Gasteiger partial charge in [-0.3, -0.25) is 5.41 Å². The van der Waals surface area contributed by atoms with Crippen molar-refractivity contribution in [2.45, 2.75) is 13.3 Å². The molecular formula is C6H10N4. The molecule has 1 aromatic rings. The number of amidine groups is 1. The highest BCUT2D eigenvalue weighted by molar-refractivity contribution is 5.79. The molecule has 4 heteroatoms. The van der Waals surface area contributed by atoms with Gasteiger partial charge in [-0.25, -0.2) is 4.98 Å². The molecule has 1 rings (SSSR count). The van der Waals surface area contributed by atoms with Crippen LogP contribution >= 0.6 is 0 Å². The summed E-state index contributed by atoms with van der Waals surface area (Å²) in [6.45, 7) is 1.91. The van der Waals surface area contributed by atoms with Crippen LogP contribution in [0.5, 0.6) is 0 Å². The molecule has 0 aliphatic heterocycles. The van der Waals surface area contributed by atoms with E-state index in [0.29, 0.717) is 6.42 Å². The van der Waals surface area contributed by atoms with Gasteiger partial charge in [0, 0.05) is 12.1 Å². The minimum absolute atomic E-state index is 0.148. The van der Waals surface area contributed by atoms with Gasteiger partial charge in [0.1, 0.15) is 0 Å². The molecule has 54 valence electrons. The number of nitrogens with zero attached hydrogens (tertiary/aromatic N) is 1. The molecule has 0 unspecified atom stereocenters. The first-order valence-electron chi connectivity index (χ1n) is 3.02. The zero-order valence-electron chi connectivity index (χ0n) is 5.81. The first kappa shape index (κ1) is 6.80. The minimum Gasteiger partial charge on any atom is -0.387 e. The zero-order valence-corrected chi connectivity index (χ0v) is 5.81. The summed E-state index contributed by atoms with van der Waals surface area (Å²) in [5, 5.41) is 6.99. The summed E-state index contributed by atoms with van der Waals surface area (Å²) in [7, 11) is 0. The van der Waals surface area contributed by atoms with Gasteiger partial charge in [0.05, 0.1) is 17.9 Å². The second-order valence-corrected chi connectivity index (χ2v) is 2.18. The van der Waals surface area contributed by atoms with Crippen molar-refractivity contribution in [2.75, 3.05) is 0 Å². The molecule has 0 radical (unpaired) electrons. The molecule has 4 N–H and O–H groups in total. The molecule has 10 heavy (non-hydrogen) atoms. The standard InChI is InChI=1S/C6H10N4/c1-4-5(2-6(7)8)10-3-9-4/h3H,2H2,1H3,(H3,7,8)(H,9,10). The zero-order chi connectivity index (χ0) is 7.56. The van der Waals surface area contributed by atoms with Gasteiger partial charge in [0.25, 0.3) is 0 Å². The normalized spacial score (nSPS) is 9.70. The van der Waals surface area contributed by atoms with Crippen molar-refractivity contribution in [1.82, 2.24) is 9.97 Å². The largest absolute Gasteiger partial charge is 0.387 e. The summed E-state index contributed by atoms with van der Waals surface area (Å²) in [5.41, 5.74) is 7.02. The number of nitrogens with two attached hydrogens (primary N) is 1.